The monoisotopic (exact) mass is 448 g/mol. The maximum Gasteiger partial charge on any atom is 0.408 e. The molecule has 0 spiro atoms. The molecule has 0 heterocycles. The quantitative estimate of drug-likeness (QED) is 0.270. The Balaban J connectivity index is 0. The molecule has 0 aromatic rings. The fraction of sp³-hybridized carbons (Fsp3) is 0.737. The van der Waals surface area contributed by atoms with Crippen molar-refractivity contribution < 1.29 is 38.2 Å². The predicted molar refractivity (Wildman–Crippen MR) is 112 cm³/mol. The Bertz CT molecular complexity index is 604. The lowest BCUT2D eigenvalue weighted by atomic mass is 10.2. The van der Waals surface area contributed by atoms with Gasteiger partial charge in [0.05, 0.1) is 20.3 Å². The summed E-state index contributed by atoms with van der Waals surface area (Å²) >= 11 is 0. The maximum atomic E-state index is 11.7. The molecule has 0 saturated carbocycles. The summed E-state index contributed by atoms with van der Waals surface area (Å²) in [6.07, 6.45) is 0.256. The summed E-state index contributed by atoms with van der Waals surface area (Å²) < 4.78 is 13.8. The Morgan fingerprint density at radius 3 is 1.65 bits per heavy atom. The van der Waals surface area contributed by atoms with Crippen LogP contribution in [0.1, 0.15) is 47.5 Å². The summed E-state index contributed by atoms with van der Waals surface area (Å²) in [5.74, 6) is -1.83. The van der Waals surface area contributed by atoms with Crippen LogP contribution >= 0.6 is 0 Å². The van der Waals surface area contributed by atoms with E-state index in [0.29, 0.717) is 12.8 Å². The van der Waals surface area contributed by atoms with Crippen molar-refractivity contribution in [1.82, 2.24) is 16.0 Å². The highest BCUT2D eigenvalue weighted by atomic mass is 16.6. The van der Waals surface area contributed by atoms with Gasteiger partial charge in [0.2, 0.25) is 11.8 Å². The van der Waals surface area contributed by atoms with Crippen molar-refractivity contribution in [3.63, 3.8) is 0 Å². The van der Waals surface area contributed by atoms with Gasteiger partial charge < -0.3 is 35.9 Å². The van der Waals surface area contributed by atoms with Crippen molar-refractivity contribution in [2.75, 3.05) is 27.3 Å². The average Bonchev–Trinajstić information content (AvgIpc) is 2.71. The Morgan fingerprint density at radius 1 is 0.839 bits per heavy atom. The van der Waals surface area contributed by atoms with E-state index in [1.165, 1.54) is 14.2 Å². The number of amides is 3. The number of nitrogens with one attached hydrogen (secondary N) is 3. The first-order valence-corrected chi connectivity index (χ1v) is 9.75. The molecule has 0 aliphatic carbocycles. The molecule has 2 atom stereocenters. The van der Waals surface area contributed by atoms with Crippen LogP contribution in [0, 0.1) is 0 Å². The Hall–Kier alpha value is -2.89. The van der Waals surface area contributed by atoms with Gasteiger partial charge in [-0.1, -0.05) is 13.8 Å². The normalized spacial score (nSPS) is 12.1. The Morgan fingerprint density at radius 2 is 1.29 bits per heavy atom. The zero-order valence-corrected chi connectivity index (χ0v) is 19.3. The molecular weight excluding hydrogens is 412 g/mol. The van der Waals surface area contributed by atoms with Gasteiger partial charge in [0.1, 0.15) is 24.7 Å². The molecule has 31 heavy (non-hydrogen) atoms. The van der Waals surface area contributed by atoms with Crippen molar-refractivity contribution in [2.45, 2.75) is 65.1 Å². The van der Waals surface area contributed by atoms with Crippen molar-refractivity contribution in [2.24, 2.45) is 5.73 Å². The summed E-state index contributed by atoms with van der Waals surface area (Å²) in [6, 6.07) is -1.30. The van der Waals surface area contributed by atoms with E-state index in [2.05, 4.69) is 25.4 Å². The molecule has 0 bridgehead atoms. The van der Waals surface area contributed by atoms with Crippen LogP contribution < -0.4 is 21.7 Å². The van der Waals surface area contributed by atoms with Gasteiger partial charge in [-0.3, -0.25) is 19.2 Å². The van der Waals surface area contributed by atoms with Crippen LogP contribution in [0.25, 0.3) is 0 Å². The minimum Gasteiger partial charge on any atom is -0.468 e. The van der Waals surface area contributed by atoms with Crippen LogP contribution in [0.15, 0.2) is 0 Å². The van der Waals surface area contributed by atoms with Gasteiger partial charge in [0.15, 0.2) is 0 Å². The molecular formula is C19H36N4O8. The minimum absolute atomic E-state index is 0.122. The lowest BCUT2D eigenvalue weighted by molar-refractivity contribution is -0.141. The highest BCUT2D eigenvalue weighted by molar-refractivity contribution is 5.88. The van der Waals surface area contributed by atoms with Crippen LogP contribution in [-0.2, 0) is 33.4 Å². The van der Waals surface area contributed by atoms with Gasteiger partial charge in [0.25, 0.3) is 0 Å². The molecule has 12 nitrogen and oxygen atoms in total. The number of carbonyl (C=O) groups excluding carboxylic acids is 5. The minimum atomic E-state index is -0.750. The first-order chi connectivity index (χ1) is 14.3. The number of methoxy groups -OCH3 is 2. The summed E-state index contributed by atoms with van der Waals surface area (Å²) in [5, 5.41) is 7.15. The van der Waals surface area contributed by atoms with E-state index in [9.17, 15) is 24.0 Å². The zero-order chi connectivity index (χ0) is 24.6. The van der Waals surface area contributed by atoms with E-state index in [-0.39, 0.29) is 19.0 Å². The molecule has 0 radical (unpaired) electrons. The van der Waals surface area contributed by atoms with E-state index >= 15 is 0 Å². The van der Waals surface area contributed by atoms with Crippen LogP contribution in [0.4, 0.5) is 4.79 Å². The van der Waals surface area contributed by atoms with Gasteiger partial charge >= 0.3 is 18.0 Å². The predicted octanol–water partition coefficient (Wildman–Crippen LogP) is -0.408. The standard InChI is InChI=1S/C12H22N2O5.C7H14N2O3/c1-6-8(10(16)13-7-9(15)18-5)14-11(17)19-12(2,3)4;1-3-5(8)7(11)9-4-6(10)12-2/h8H,6-7H2,1-5H3,(H,13,16)(H,14,17);5H,3-4,8H2,1-2H3,(H,9,11)/t8-;5-/m00/s1. The number of rotatable bonds is 9. The molecule has 0 aliphatic rings. The van der Waals surface area contributed by atoms with Crippen molar-refractivity contribution in [3.8, 4) is 0 Å². The smallest absolute Gasteiger partial charge is 0.408 e. The van der Waals surface area contributed by atoms with E-state index in [1.807, 2.05) is 0 Å². The highest BCUT2D eigenvalue weighted by Crippen LogP contribution is 2.07. The Kier molecular flexibility index (Phi) is 15.5. The third-order valence-corrected chi connectivity index (χ3v) is 3.46. The van der Waals surface area contributed by atoms with E-state index < -0.39 is 41.6 Å². The lowest BCUT2D eigenvalue weighted by Crippen LogP contribution is -2.48. The summed E-state index contributed by atoms with van der Waals surface area (Å²) in [7, 11) is 2.49. The molecule has 180 valence electrons. The number of esters is 2. The van der Waals surface area contributed by atoms with Crippen molar-refractivity contribution in [1.29, 1.82) is 0 Å². The van der Waals surface area contributed by atoms with Gasteiger partial charge in [-0.2, -0.15) is 0 Å². The van der Waals surface area contributed by atoms with E-state index in [1.54, 1.807) is 34.6 Å². The highest BCUT2D eigenvalue weighted by Gasteiger charge is 2.23. The first-order valence-electron chi connectivity index (χ1n) is 9.75. The van der Waals surface area contributed by atoms with E-state index in [0.717, 1.165) is 0 Å². The Labute approximate surface area is 182 Å². The van der Waals surface area contributed by atoms with Crippen molar-refractivity contribution in [3.05, 3.63) is 0 Å². The molecule has 0 fully saturated rings. The molecule has 0 aliphatic heterocycles. The fourth-order valence-corrected chi connectivity index (χ4v) is 1.71. The number of hydrogen-bond donors (Lipinski definition) is 4. The molecule has 5 N–H and O–H groups in total. The van der Waals surface area contributed by atoms with Crippen LogP contribution in [0.3, 0.4) is 0 Å². The second-order valence-corrected chi connectivity index (χ2v) is 7.21. The fourth-order valence-electron chi connectivity index (χ4n) is 1.71. The number of hydrogen-bond acceptors (Lipinski definition) is 9. The molecule has 12 heteroatoms. The largest absolute Gasteiger partial charge is 0.468 e. The number of ether oxygens (including phenoxy) is 3. The first kappa shape index (κ1) is 30.3. The zero-order valence-electron chi connectivity index (χ0n) is 19.3. The van der Waals surface area contributed by atoms with Crippen LogP contribution in [-0.4, -0.2) is 74.8 Å². The van der Waals surface area contributed by atoms with Crippen LogP contribution in [0.5, 0.6) is 0 Å². The lowest BCUT2D eigenvalue weighted by Gasteiger charge is -2.22. The summed E-state index contributed by atoms with van der Waals surface area (Å²) in [4.78, 5) is 55.6. The molecule has 0 aromatic heterocycles. The van der Waals surface area contributed by atoms with Crippen molar-refractivity contribution >= 4 is 29.8 Å². The topological polar surface area (TPSA) is 175 Å². The molecule has 0 unspecified atom stereocenters. The SMILES string of the molecule is CC[C@H](N)C(=O)NCC(=O)OC.CC[C@H](NC(=O)OC(C)(C)C)C(=O)NCC(=O)OC. The second kappa shape index (κ2) is 15.9. The molecule has 3 amide bonds. The maximum absolute atomic E-state index is 11.7. The third-order valence-electron chi connectivity index (χ3n) is 3.46. The molecule has 0 rings (SSSR count). The second-order valence-electron chi connectivity index (χ2n) is 7.21. The van der Waals surface area contributed by atoms with Gasteiger partial charge in [-0.05, 0) is 33.6 Å². The molecule has 0 saturated heterocycles. The van der Waals surface area contributed by atoms with E-state index in [4.69, 9.17) is 10.5 Å². The van der Waals surface area contributed by atoms with Gasteiger partial charge in [-0.15, -0.1) is 0 Å². The third kappa shape index (κ3) is 16.6. The van der Waals surface area contributed by atoms with Crippen LogP contribution in [0.2, 0.25) is 0 Å². The van der Waals surface area contributed by atoms with Gasteiger partial charge in [-0.25, -0.2) is 4.79 Å². The van der Waals surface area contributed by atoms with Gasteiger partial charge in [0, 0.05) is 0 Å². The number of carbonyl (C=O) groups is 5. The number of alkyl carbamates (subject to hydrolysis) is 1. The summed E-state index contributed by atoms with van der Waals surface area (Å²) in [5.41, 5.74) is 4.75. The molecule has 0 aromatic carbocycles. The number of nitrogens with two attached hydrogens (primary N) is 1. The average molecular weight is 449 g/mol. The summed E-state index contributed by atoms with van der Waals surface area (Å²) in [6.45, 7) is 8.35.